The number of hydrogen-bond donors (Lipinski definition) is 1. The Morgan fingerprint density at radius 2 is 1.82 bits per heavy atom. The van der Waals surface area contributed by atoms with Crippen LogP contribution in [0.25, 0.3) is 28.3 Å². The van der Waals surface area contributed by atoms with Gasteiger partial charge >= 0.3 is 0 Å². The summed E-state index contributed by atoms with van der Waals surface area (Å²) in [5, 5.41) is 21.3. The molecule has 164 valence electrons. The summed E-state index contributed by atoms with van der Waals surface area (Å²) in [5.41, 5.74) is 5.80. The summed E-state index contributed by atoms with van der Waals surface area (Å²) in [6.45, 7) is 6.95. The van der Waals surface area contributed by atoms with Gasteiger partial charge in [0.05, 0.1) is 35.3 Å². The zero-order chi connectivity index (χ0) is 22.5. The molecule has 2 aliphatic heterocycles. The van der Waals surface area contributed by atoms with E-state index in [4.69, 9.17) is 10.2 Å². The standard InChI is InChI=1S/C25H24N8/c1-16-11-32(12-17(2)28-16)24-8-7-22-21(29-24)14-31-13-20(19-5-3-18(10-26)4-6-19)9-23(31)25-30-27-15-33(22)25/h3-9,13,15-17,28H,11-12,14H2,1-2H3/t16-,17?/m1/s1. The van der Waals surface area contributed by atoms with Crippen molar-refractivity contribution in [2.45, 2.75) is 32.5 Å². The number of anilines is 1. The van der Waals surface area contributed by atoms with E-state index >= 15 is 0 Å². The molecule has 2 atom stereocenters. The van der Waals surface area contributed by atoms with Crippen LogP contribution >= 0.6 is 0 Å². The van der Waals surface area contributed by atoms with Gasteiger partial charge in [-0.2, -0.15) is 5.26 Å². The molecule has 8 heteroatoms. The molecule has 0 radical (unpaired) electrons. The summed E-state index contributed by atoms with van der Waals surface area (Å²) in [7, 11) is 0. The maximum absolute atomic E-state index is 9.10. The number of rotatable bonds is 2. The lowest BCUT2D eigenvalue weighted by atomic mass is 10.1. The normalized spacial score (nSPS) is 19.2. The summed E-state index contributed by atoms with van der Waals surface area (Å²) in [5.74, 6) is 1.80. The van der Waals surface area contributed by atoms with Gasteiger partial charge in [0.15, 0.2) is 5.82 Å². The van der Waals surface area contributed by atoms with Gasteiger partial charge < -0.3 is 14.8 Å². The van der Waals surface area contributed by atoms with E-state index in [0.717, 1.165) is 52.9 Å². The molecule has 1 saturated heterocycles. The zero-order valence-corrected chi connectivity index (χ0v) is 18.6. The largest absolute Gasteiger partial charge is 0.354 e. The number of hydrogen-bond acceptors (Lipinski definition) is 6. The number of benzene rings is 1. The second kappa shape index (κ2) is 7.57. The van der Waals surface area contributed by atoms with E-state index in [0.29, 0.717) is 24.2 Å². The number of pyridine rings is 1. The molecule has 6 rings (SSSR count). The Kier molecular flexibility index (Phi) is 4.52. The van der Waals surface area contributed by atoms with Crippen molar-refractivity contribution in [2.75, 3.05) is 18.0 Å². The fourth-order valence-corrected chi connectivity index (χ4v) is 4.98. The van der Waals surface area contributed by atoms with Crippen molar-refractivity contribution in [1.29, 1.82) is 5.26 Å². The minimum Gasteiger partial charge on any atom is -0.354 e. The number of nitriles is 1. The van der Waals surface area contributed by atoms with E-state index in [-0.39, 0.29) is 0 Å². The molecular formula is C25H24N8. The second-order valence-corrected chi connectivity index (χ2v) is 8.96. The SMILES string of the molecule is CC1CN(c2ccc3c(n2)Cn2cc(-c4ccc(C#N)cc4)cc2-c2nncn2-3)C[C@@H](C)N1. The molecule has 0 spiro atoms. The third-order valence-corrected chi connectivity index (χ3v) is 6.42. The monoisotopic (exact) mass is 436 g/mol. The average molecular weight is 437 g/mol. The third-order valence-electron chi connectivity index (χ3n) is 6.42. The number of fused-ring (bicyclic) bond motifs is 5. The first kappa shape index (κ1) is 19.7. The van der Waals surface area contributed by atoms with Crippen LogP contribution in [0.2, 0.25) is 0 Å². The first-order valence-electron chi connectivity index (χ1n) is 11.2. The summed E-state index contributed by atoms with van der Waals surface area (Å²) in [6, 6.07) is 17.1. The van der Waals surface area contributed by atoms with E-state index in [2.05, 4.69) is 69.3 Å². The van der Waals surface area contributed by atoms with Gasteiger partial charge in [-0.1, -0.05) is 12.1 Å². The van der Waals surface area contributed by atoms with Gasteiger partial charge in [-0.3, -0.25) is 4.57 Å². The summed E-state index contributed by atoms with van der Waals surface area (Å²) in [6.07, 6.45) is 3.89. The van der Waals surface area contributed by atoms with E-state index in [1.165, 1.54) is 0 Å². The van der Waals surface area contributed by atoms with Gasteiger partial charge in [-0.25, -0.2) is 4.98 Å². The molecule has 0 bridgehead atoms. The number of aromatic nitrogens is 5. The lowest BCUT2D eigenvalue weighted by Gasteiger charge is -2.37. The summed E-state index contributed by atoms with van der Waals surface area (Å²) >= 11 is 0. The Hall–Kier alpha value is -3.96. The molecule has 0 saturated carbocycles. The zero-order valence-electron chi connectivity index (χ0n) is 18.6. The smallest absolute Gasteiger partial charge is 0.185 e. The quantitative estimate of drug-likeness (QED) is 0.457. The Bertz CT molecular complexity index is 1360. The molecule has 4 aromatic rings. The second-order valence-electron chi connectivity index (χ2n) is 8.96. The van der Waals surface area contributed by atoms with Crippen LogP contribution < -0.4 is 10.2 Å². The minimum absolute atomic E-state index is 0.421. The fraction of sp³-hybridized carbons (Fsp3) is 0.280. The van der Waals surface area contributed by atoms with Crippen LogP contribution in [0.4, 0.5) is 5.82 Å². The Balaban J connectivity index is 1.42. The van der Waals surface area contributed by atoms with Gasteiger partial charge in [0, 0.05) is 36.9 Å². The highest BCUT2D eigenvalue weighted by Gasteiger charge is 2.26. The molecule has 5 heterocycles. The van der Waals surface area contributed by atoms with Crippen LogP contribution in [-0.2, 0) is 6.54 Å². The maximum atomic E-state index is 9.10. The average Bonchev–Trinajstić information content (AvgIpc) is 3.43. The van der Waals surface area contributed by atoms with Crippen LogP contribution in [-0.4, -0.2) is 49.5 Å². The number of nitrogens with one attached hydrogen (secondary N) is 1. The van der Waals surface area contributed by atoms with Gasteiger partial charge in [-0.15, -0.1) is 10.2 Å². The van der Waals surface area contributed by atoms with Crippen LogP contribution in [0.3, 0.4) is 0 Å². The van der Waals surface area contributed by atoms with Crippen molar-refractivity contribution >= 4 is 5.82 Å². The van der Waals surface area contributed by atoms with Gasteiger partial charge in [0.1, 0.15) is 12.1 Å². The topological polar surface area (TPSA) is 87.6 Å². The molecule has 3 aromatic heterocycles. The Morgan fingerprint density at radius 3 is 2.58 bits per heavy atom. The Labute approximate surface area is 192 Å². The lowest BCUT2D eigenvalue weighted by molar-refractivity contribution is 0.405. The van der Waals surface area contributed by atoms with Crippen LogP contribution in [0.1, 0.15) is 25.1 Å². The highest BCUT2D eigenvalue weighted by atomic mass is 15.3. The highest BCUT2D eigenvalue weighted by molar-refractivity contribution is 5.71. The van der Waals surface area contributed by atoms with E-state index in [1.807, 2.05) is 28.8 Å². The molecule has 0 amide bonds. The molecule has 33 heavy (non-hydrogen) atoms. The summed E-state index contributed by atoms with van der Waals surface area (Å²) in [4.78, 5) is 7.48. The molecule has 2 aliphatic rings. The van der Waals surface area contributed by atoms with E-state index in [9.17, 15) is 0 Å². The first-order valence-corrected chi connectivity index (χ1v) is 11.2. The highest BCUT2D eigenvalue weighted by Crippen LogP contribution is 2.34. The maximum Gasteiger partial charge on any atom is 0.185 e. The molecule has 1 aromatic carbocycles. The molecule has 1 fully saturated rings. The Morgan fingerprint density at radius 1 is 1.03 bits per heavy atom. The third kappa shape index (κ3) is 3.38. The summed E-state index contributed by atoms with van der Waals surface area (Å²) < 4.78 is 4.22. The van der Waals surface area contributed by atoms with E-state index < -0.39 is 0 Å². The lowest BCUT2D eigenvalue weighted by Crippen LogP contribution is -2.54. The predicted molar refractivity (Wildman–Crippen MR) is 126 cm³/mol. The van der Waals surface area contributed by atoms with Gasteiger partial charge in [0.2, 0.25) is 0 Å². The number of piperazine rings is 1. The minimum atomic E-state index is 0.421. The molecule has 1 unspecified atom stereocenters. The molecule has 8 nitrogen and oxygen atoms in total. The van der Waals surface area contributed by atoms with Gasteiger partial charge in [0.25, 0.3) is 0 Å². The van der Waals surface area contributed by atoms with Crippen molar-refractivity contribution in [3.63, 3.8) is 0 Å². The number of nitrogens with zero attached hydrogens (tertiary/aromatic N) is 7. The molecular weight excluding hydrogens is 412 g/mol. The van der Waals surface area contributed by atoms with Crippen molar-refractivity contribution in [2.24, 2.45) is 0 Å². The van der Waals surface area contributed by atoms with Crippen LogP contribution in [0, 0.1) is 11.3 Å². The van der Waals surface area contributed by atoms with Gasteiger partial charge in [-0.05, 0) is 49.7 Å². The van der Waals surface area contributed by atoms with Crippen LogP contribution in [0.15, 0.2) is 55.0 Å². The first-order chi connectivity index (χ1) is 16.1. The molecule has 0 aliphatic carbocycles. The van der Waals surface area contributed by atoms with Crippen molar-refractivity contribution in [3.05, 3.63) is 66.2 Å². The molecule has 1 N–H and O–H groups in total. The van der Waals surface area contributed by atoms with Crippen LogP contribution in [0.5, 0.6) is 0 Å². The predicted octanol–water partition coefficient (Wildman–Crippen LogP) is 3.22. The van der Waals surface area contributed by atoms with Crippen molar-refractivity contribution in [3.8, 4) is 34.4 Å². The fourth-order valence-electron chi connectivity index (χ4n) is 4.98. The van der Waals surface area contributed by atoms with Crippen molar-refractivity contribution < 1.29 is 0 Å². The van der Waals surface area contributed by atoms with Crippen molar-refractivity contribution in [1.82, 2.24) is 29.6 Å². The van der Waals surface area contributed by atoms with E-state index in [1.54, 1.807) is 6.33 Å².